The maximum Gasteiger partial charge on any atom is 0.344 e. The van der Waals surface area contributed by atoms with E-state index in [4.69, 9.17) is 14.7 Å². The fourth-order valence-corrected chi connectivity index (χ4v) is 2.04. The Bertz CT molecular complexity index is 679. The molecule has 112 valence electrons. The molecule has 4 heteroatoms. The summed E-state index contributed by atoms with van der Waals surface area (Å²) in [5.41, 5.74) is 3.58. The molecule has 2 rings (SSSR count). The molecule has 0 saturated heterocycles. The lowest BCUT2D eigenvalue weighted by Gasteiger charge is -2.08. The van der Waals surface area contributed by atoms with Crippen LogP contribution in [0.4, 0.5) is 0 Å². The van der Waals surface area contributed by atoms with Crippen molar-refractivity contribution in [1.82, 2.24) is 0 Å². The molecule has 2 aromatic rings. The molecule has 0 fully saturated rings. The van der Waals surface area contributed by atoms with Gasteiger partial charge in [0.15, 0.2) is 6.61 Å². The van der Waals surface area contributed by atoms with Gasteiger partial charge in [-0.05, 0) is 54.8 Å². The predicted molar refractivity (Wildman–Crippen MR) is 82.4 cm³/mol. The van der Waals surface area contributed by atoms with Crippen molar-refractivity contribution in [3.05, 3.63) is 64.7 Å². The van der Waals surface area contributed by atoms with Crippen molar-refractivity contribution in [1.29, 1.82) is 5.26 Å². The number of ether oxygens (including phenoxy) is 2. The van der Waals surface area contributed by atoms with Crippen molar-refractivity contribution in [3.63, 3.8) is 0 Å². The van der Waals surface area contributed by atoms with E-state index in [1.165, 1.54) is 0 Å². The van der Waals surface area contributed by atoms with Gasteiger partial charge in [-0.1, -0.05) is 18.2 Å². The smallest absolute Gasteiger partial charge is 0.344 e. The lowest BCUT2D eigenvalue weighted by Crippen LogP contribution is -2.14. The molecule has 0 radical (unpaired) electrons. The van der Waals surface area contributed by atoms with E-state index in [0.717, 1.165) is 16.7 Å². The fourth-order valence-electron chi connectivity index (χ4n) is 2.04. The number of aryl methyl sites for hydroxylation is 2. The van der Waals surface area contributed by atoms with E-state index < -0.39 is 5.97 Å². The van der Waals surface area contributed by atoms with Gasteiger partial charge in [-0.25, -0.2) is 4.79 Å². The lowest BCUT2D eigenvalue weighted by molar-refractivity contribution is -0.147. The average Bonchev–Trinajstić information content (AvgIpc) is 2.50. The third-order valence-electron chi connectivity index (χ3n) is 3.03. The number of carbonyl (C=O) groups excluding carboxylic acids is 1. The predicted octanol–water partition coefficient (Wildman–Crippen LogP) is 3.30. The zero-order valence-corrected chi connectivity index (χ0v) is 12.6. The van der Waals surface area contributed by atoms with Crippen LogP contribution in [0.2, 0.25) is 0 Å². The van der Waals surface area contributed by atoms with Gasteiger partial charge in [0.25, 0.3) is 0 Å². The van der Waals surface area contributed by atoms with Crippen molar-refractivity contribution in [2.24, 2.45) is 0 Å². The van der Waals surface area contributed by atoms with Gasteiger partial charge in [-0.15, -0.1) is 0 Å². The number of benzene rings is 2. The molecule has 0 spiro atoms. The SMILES string of the molecule is Cc1cc(C)cc(OCC(=O)OCc2ccc(C#N)cc2)c1. The minimum absolute atomic E-state index is 0.126. The molecule has 0 heterocycles. The van der Waals surface area contributed by atoms with E-state index in [-0.39, 0.29) is 13.2 Å². The van der Waals surface area contributed by atoms with Gasteiger partial charge in [0.05, 0.1) is 11.6 Å². The summed E-state index contributed by atoms with van der Waals surface area (Å²) in [7, 11) is 0. The second kappa shape index (κ2) is 7.28. The van der Waals surface area contributed by atoms with Crippen LogP contribution >= 0.6 is 0 Å². The van der Waals surface area contributed by atoms with E-state index in [2.05, 4.69) is 0 Å². The van der Waals surface area contributed by atoms with Gasteiger partial charge in [-0.2, -0.15) is 5.26 Å². The first kappa shape index (κ1) is 15.6. The van der Waals surface area contributed by atoms with E-state index in [1.807, 2.05) is 38.1 Å². The summed E-state index contributed by atoms with van der Waals surface area (Å²) in [6.07, 6.45) is 0. The Morgan fingerprint density at radius 2 is 1.73 bits per heavy atom. The molecule has 0 N–H and O–H groups in total. The number of esters is 1. The van der Waals surface area contributed by atoms with Gasteiger partial charge in [0.2, 0.25) is 0 Å². The summed E-state index contributed by atoms with van der Waals surface area (Å²) < 4.78 is 10.6. The Morgan fingerprint density at radius 1 is 1.09 bits per heavy atom. The molecular weight excluding hydrogens is 278 g/mol. The molecular formula is C18H17NO3. The molecule has 22 heavy (non-hydrogen) atoms. The quantitative estimate of drug-likeness (QED) is 0.794. The molecule has 2 aromatic carbocycles. The second-order valence-corrected chi connectivity index (χ2v) is 5.08. The maximum absolute atomic E-state index is 11.7. The largest absolute Gasteiger partial charge is 0.482 e. The van der Waals surface area contributed by atoms with Crippen molar-refractivity contribution in [3.8, 4) is 11.8 Å². The first-order chi connectivity index (χ1) is 10.6. The molecule has 0 aliphatic rings. The summed E-state index contributed by atoms with van der Waals surface area (Å²) in [5, 5.41) is 8.71. The lowest BCUT2D eigenvalue weighted by atomic mass is 10.1. The molecule has 0 aliphatic heterocycles. The van der Waals surface area contributed by atoms with E-state index in [1.54, 1.807) is 24.3 Å². The van der Waals surface area contributed by atoms with Crippen LogP contribution in [-0.4, -0.2) is 12.6 Å². The van der Waals surface area contributed by atoms with Crippen molar-refractivity contribution >= 4 is 5.97 Å². The van der Waals surface area contributed by atoms with Crippen molar-refractivity contribution in [2.45, 2.75) is 20.5 Å². The summed E-state index contributed by atoms with van der Waals surface area (Å²) >= 11 is 0. The van der Waals surface area contributed by atoms with Crippen LogP contribution in [0.5, 0.6) is 5.75 Å². The van der Waals surface area contributed by atoms with Gasteiger partial charge in [-0.3, -0.25) is 0 Å². The summed E-state index contributed by atoms with van der Waals surface area (Å²) in [6, 6.07) is 14.7. The molecule has 0 atom stereocenters. The van der Waals surface area contributed by atoms with Crippen LogP contribution in [0, 0.1) is 25.2 Å². The first-order valence-electron chi connectivity index (χ1n) is 6.92. The summed E-state index contributed by atoms with van der Waals surface area (Å²) in [6.45, 7) is 3.99. The zero-order chi connectivity index (χ0) is 15.9. The number of hydrogen-bond donors (Lipinski definition) is 0. The number of carbonyl (C=O) groups is 1. The van der Waals surface area contributed by atoms with Gasteiger partial charge < -0.3 is 9.47 Å². The third-order valence-corrected chi connectivity index (χ3v) is 3.03. The van der Waals surface area contributed by atoms with Gasteiger partial charge in [0, 0.05) is 0 Å². The first-order valence-corrected chi connectivity index (χ1v) is 6.92. The van der Waals surface area contributed by atoms with E-state index >= 15 is 0 Å². The van der Waals surface area contributed by atoms with Crippen molar-refractivity contribution < 1.29 is 14.3 Å². The van der Waals surface area contributed by atoms with Crippen molar-refractivity contribution in [2.75, 3.05) is 6.61 Å². The average molecular weight is 295 g/mol. The van der Waals surface area contributed by atoms with Crippen LogP contribution in [0.1, 0.15) is 22.3 Å². The Balaban J connectivity index is 1.81. The standard InChI is InChI=1S/C18H17NO3/c1-13-7-14(2)9-17(8-13)21-12-18(20)22-11-16-5-3-15(10-19)4-6-16/h3-9H,11-12H2,1-2H3. The van der Waals surface area contributed by atoms with Crippen LogP contribution < -0.4 is 4.74 Å². The normalized spacial score (nSPS) is 9.86. The minimum Gasteiger partial charge on any atom is -0.482 e. The fraction of sp³-hybridized carbons (Fsp3) is 0.222. The van der Waals surface area contributed by atoms with Crippen LogP contribution in [0.25, 0.3) is 0 Å². The van der Waals surface area contributed by atoms with Gasteiger partial charge in [0.1, 0.15) is 12.4 Å². The molecule has 4 nitrogen and oxygen atoms in total. The Morgan fingerprint density at radius 3 is 2.32 bits per heavy atom. The highest BCUT2D eigenvalue weighted by Crippen LogP contribution is 2.16. The highest BCUT2D eigenvalue weighted by atomic mass is 16.6. The molecule has 0 aromatic heterocycles. The zero-order valence-electron chi connectivity index (χ0n) is 12.6. The Kier molecular flexibility index (Phi) is 5.16. The molecule has 0 bridgehead atoms. The summed E-state index contributed by atoms with van der Waals surface area (Å²) in [4.78, 5) is 11.7. The third kappa shape index (κ3) is 4.64. The monoisotopic (exact) mass is 295 g/mol. The van der Waals surface area contributed by atoms with E-state index in [0.29, 0.717) is 11.3 Å². The van der Waals surface area contributed by atoms with Gasteiger partial charge >= 0.3 is 5.97 Å². The number of nitrogens with zero attached hydrogens (tertiary/aromatic N) is 1. The topological polar surface area (TPSA) is 59.3 Å². The molecule has 0 amide bonds. The highest BCUT2D eigenvalue weighted by Gasteiger charge is 2.06. The Hall–Kier alpha value is -2.80. The van der Waals surface area contributed by atoms with Crippen LogP contribution in [0.15, 0.2) is 42.5 Å². The number of hydrogen-bond acceptors (Lipinski definition) is 4. The van der Waals surface area contributed by atoms with E-state index in [9.17, 15) is 4.79 Å². The molecule has 0 aliphatic carbocycles. The Labute approximate surface area is 129 Å². The minimum atomic E-state index is -0.427. The number of nitriles is 1. The molecule has 0 saturated carbocycles. The maximum atomic E-state index is 11.7. The number of rotatable bonds is 5. The van der Waals surface area contributed by atoms with Crippen LogP contribution in [-0.2, 0) is 16.1 Å². The molecule has 0 unspecified atom stereocenters. The summed E-state index contributed by atoms with van der Waals surface area (Å²) in [5.74, 6) is 0.233. The second-order valence-electron chi connectivity index (χ2n) is 5.08. The van der Waals surface area contributed by atoms with Crippen LogP contribution in [0.3, 0.4) is 0 Å². The highest BCUT2D eigenvalue weighted by molar-refractivity contribution is 5.71.